The van der Waals surface area contributed by atoms with Crippen LogP contribution in [0.25, 0.3) is 0 Å². The smallest absolute Gasteiger partial charge is 0.247 e. The minimum absolute atomic E-state index is 0.0861. The molecule has 28 heavy (non-hydrogen) atoms. The highest BCUT2D eigenvalue weighted by molar-refractivity contribution is 5.93. The third kappa shape index (κ3) is 11.2. The maximum atomic E-state index is 12.0. The summed E-state index contributed by atoms with van der Waals surface area (Å²) in [7, 11) is 0. The highest BCUT2D eigenvalue weighted by atomic mass is 16.4. The van der Waals surface area contributed by atoms with Gasteiger partial charge in [0.25, 0.3) is 0 Å². The minimum atomic E-state index is -1.21. The highest BCUT2D eigenvalue weighted by Gasteiger charge is 2.31. The molecular weight excluding hydrogens is 354 g/mol. The van der Waals surface area contributed by atoms with Crippen LogP contribution in [0, 0.1) is 0 Å². The lowest BCUT2D eigenvalue weighted by molar-refractivity contribution is -0.119. The first-order valence-corrected chi connectivity index (χ1v) is 11.6. The maximum Gasteiger partial charge on any atom is 0.247 e. The van der Waals surface area contributed by atoms with Crippen LogP contribution in [0.1, 0.15) is 103 Å². The van der Waals surface area contributed by atoms with Crippen LogP contribution in [0.3, 0.4) is 0 Å². The van der Waals surface area contributed by atoms with Gasteiger partial charge in [0, 0.05) is 18.5 Å². The van der Waals surface area contributed by atoms with E-state index in [1.165, 1.54) is 83.1 Å². The average Bonchev–Trinajstić information content (AvgIpc) is 2.68. The number of carbonyl (C=O) groups excluding carboxylic acids is 1. The summed E-state index contributed by atoms with van der Waals surface area (Å²) in [4.78, 5) is 12.0. The Morgan fingerprint density at radius 2 is 1.32 bits per heavy atom. The van der Waals surface area contributed by atoms with E-state index >= 15 is 0 Å². The van der Waals surface area contributed by atoms with E-state index in [4.69, 9.17) is 0 Å². The third-order valence-electron chi connectivity index (χ3n) is 5.65. The number of rotatable bonds is 16. The molecule has 1 rings (SSSR count). The Balaban J connectivity index is 1.89. The van der Waals surface area contributed by atoms with Crippen molar-refractivity contribution >= 4 is 5.91 Å². The topological polar surface area (TPSA) is 89.8 Å². The second kappa shape index (κ2) is 15.9. The fourth-order valence-corrected chi connectivity index (χ4v) is 3.75. The molecule has 0 aromatic carbocycles. The van der Waals surface area contributed by atoms with Crippen molar-refractivity contribution in [2.24, 2.45) is 0 Å². The Kier molecular flexibility index (Phi) is 14.3. The molecule has 4 N–H and O–H groups in total. The molecule has 0 spiro atoms. The van der Waals surface area contributed by atoms with Crippen molar-refractivity contribution in [3.8, 4) is 0 Å². The lowest BCUT2D eigenvalue weighted by atomic mass is 9.92. The van der Waals surface area contributed by atoms with Crippen molar-refractivity contribution in [2.45, 2.75) is 122 Å². The molecule has 0 aromatic heterocycles. The molecule has 0 saturated carbocycles. The van der Waals surface area contributed by atoms with E-state index in [0.717, 1.165) is 12.8 Å². The zero-order chi connectivity index (χ0) is 20.6. The molecule has 5 heteroatoms. The van der Waals surface area contributed by atoms with Gasteiger partial charge >= 0.3 is 0 Å². The molecule has 0 radical (unpaired) electrons. The summed E-state index contributed by atoms with van der Waals surface area (Å²) < 4.78 is 0. The number of unbranched alkanes of at least 4 members (excludes halogenated alkanes) is 13. The summed E-state index contributed by atoms with van der Waals surface area (Å²) in [6.45, 7) is 2.87. The van der Waals surface area contributed by atoms with E-state index in [1.54, 1.807) is 0 Å². The van der Waals surface area contributed by atoms with Crippen LogP contribution in [0.4, 0.5) is 0 Å². The molecule has 0 saturated heterocycles. The van der Waals surface area contributed by atoms with Gasteiger partial charge in [-0.15, -0.1) is 0 Å². The summed E-state index contributed by atoms with van der Waals surface area (Å²) in [6, 6.07) is 0. The maximum absolute atomic E-state index is 12.0. The van der Waals surface area contributed by atoms with E-state index in [9.17, 15) is 20.1 Å². The fourth-order valence-electron chi connectivity index (χ4n) is 3.75. The van der Waals surface area contributed by atoms with Crippen LogP contribution in [-0.4, -0.2) is 46.1 Å². The molecule has 0 bridgehead atoms. The van der Waals surface area contributed by atoms with E-state index in [0.29, 0.717) is 12.1 Å². The number of hydrogen-bond acceptors (Lipinski definition) is 4. The Bertz CT molecular complexity index is 438. The molecule has 0 aliphatic heterocycles. The molecule has 0 heterocycles. The van der Waals surface area contributed by atoms with Crippen molar-refractivity contribution in [1.82, 2.24) is 5.32 Å². The van der Waals surface area contributed by atoms with Crippen LogP contribution < -0.4 is 5.32 Å². The van der Waals surface area contributed by atoms with Crippen LogP contribution in [0.5, 0.6) is 0 Å². The van der Waals surface area contributed by atoms with Crippen molar-refractivity contribution in [1.29, 1.82) is 0 Å². The first-order chi connectivity index (χ1) is 13.6. The van der Waals surface area contributed by atoms with Gasteiger partial charge in [-0.05, 0) is 12.5 Å². The molecule has 1 aliphatic rings. The third-order valence-corrected chi connectivity index (χ3v) is 5.65. The lowest BCUT2D eigenvalue weighted by Gasteiger charge is -2.27. The molecule has 164 valence electrons. The Morgan fingerprint density at radius 1 is 0.857 bits per heavy atom. The largest absolute Gasteiger partial charge is 0.390 e. The van der Waals surface area contributed by atoms with E-state index in [1.807, 2.05) is 0 Å². The number of aliphatic hydroxyl groups excluding tert-OH is 3. The van der Waals surface area contributed by atoms with Gasteiger partial charge in [0.2, 0.25) is 5.91 Å². The highest BCUT2D eigenvalue weighted by Crippen LogP contribution is 2.19. The van der Waals surface area contributed by atoms with Crippen molar-refractivity contribution in [3.63, 3.8) is 0 Å². The lowest BCUT2D eigenvalue weighted by Crippen LogP contribution is -2.42. The zero-order valence-corrected chi connectivity index (χ0v) is 17.9. The molecule has 5 nitrogen and oxygen atoms in total. The van der Waals surface area contributed by atoms with Gasteiger partial charge < -0.3 is 20.6 Å². The van der Waals surface area contributed by atoms with E-state index < -0.39 is 18.3 Å². The number of nitrogens with one attached hydrogen (secondary N) is 1. The molecule has 0 unspecified atom stereocenters. The first kappa shape index (κ1) is 25.1. The van der Waals surface area contributed by atoms with Gasteiger partial charge in [0.15, 0.2) is 0 Å². The van der Waals surface area contributed by atoms with Crippen LogP contribution in [0.15, 0.2) is 11.6 Å². The Labute approximate surface area is 171 Å². The minimum Gasteiger partial charge on any atom is -0.390 e. The molecule has 3 atom stereocenters. The van der Waals surface area contributed by atoms with Gasteiger partial charge in [0.1, 0.15) is 12.2 Å². The average molecular weight is 398 g/mol. The second-order valence-corrected chi connectivity index (χ2v) is 8.30. The number of hydrogen-bond donors (Lipinski definition) is 4. The molecule has 0 aromatic rings. The van der Waals surface area contributed by atoms with Crippen molar-refractivity contribution in [3.05, 3.63) is 11.6 Å². The number of aliphatic hydroxyl groups is 3. The SMILES string of the molecule is CCCCCCCCCCCCCCCCNC(=O)C1=C[C@@H](O)[C@H](O)[C@H](O)C1. The van der Waals surface area contributed by atoms with Crippen LogP contribution >= 0.6 is 0 Å². The summed E-state index contributed by atoms with van der Waals surface area (Å²) in [5, 5.41) is 31.6. The van der Waals surface area contributed by atoms with E-state index in [2.05, 4.69) is 12.2 Å². The predicted octanol–water partition coefficient (Wildman–Crippen LogP) is 4.00. The summed E-state index contributed by atoms with van der Waals surface area (Å²) in [5.74, 6) is -0.250. The van der Waals surface area contributed by atoms with Crippen molar-refractivity contribution < 1.29 is 20.1 Å². The number of carbonyl (C=O) groups is 1. The quantitative estimate of drug-likeness (QED) is 0.296. The van der Waals surface area contributed by atoms with E-state index in [-0.39, 0.29) is 12.3 Å². The van der Waals surface area contributed by atoms with Crippen molar-refractivity contribution in [2.75, 3.05) is 6.54 Å². The van der Waals surface area contributed by atoms with Gasteiger partial charge in [-0.1, -0.05) is 90.4 Å². The Morgan fingerprint density at radius 3 is 1.79 bits per heavy atom. The standard InChI is InChI=1S/C23H43NO4/c1-2-3-4-5-6-7-8-9-10-11-12-13-14-15-16-24-23(28)19-17-20(25)22(27)21(26)18-19/h17,20-22,25-27H,2-16,18H2,1H3,(H,24,28)/t20-,21-,22+/m1/s1. The monoisotopic (exact) mass is 397 g/mol. The molecular formula is C23H43NO4. The molecule has 1 aliphatic carbocycles. The molecule has 1 amide bonds. The summed E-state index contributed by atoms with van der Waals surface area (Å²) in [5.41, 5.74) is 0.357. The summed E-state index contributed by atoms with van der Waals surface area (Å²) in [6.07, 6.45) is 16.2. The van der Waals surface area contributed by atoms with Gasteiger partial charge in [-0.25, -0.2) is 0 Å². The normalized spacial score (nSPS) is 22.1. The Hall–Kier alpha value is -0.910. The van der Waals surface area contributed by atoms with Crippen LogP contribution in [-0.2, 0) is 4.79 Å². The fraction of sp³-hybridized carbons (Fsp3) is 0.870. The predicted molar refractivity (Wildman–Crippen MR) is 114 cm³/mol. The first-order valence-electron chi connectivity index (χ1n) is 11.6. The van der Waals surface area contributed by atoms with Crippen LogP contribution in [0.2, 0.25) is 0 Å². The second-order valence-electron chi connectivity index (χ2n) is 8.30. The zero-order valence-electron chi connectivity index (χ0n) is 17.9. The van der Waals surface area contributed by atoms with Gasteiger partial charge in [-0.3, -0.25) is 4.79 Å². The van der Waals surface area contributed by atoms with Gasteiger partial charge in [0.05, 0.1) is 6.10 Å². The number of amides is 1. The summed E-state index contributed by atoms with van der Waals surface area (Å²) >= 11 is 0. The molecule has 0 fully saturated rings. The van der Waals surface area contributed by atoms with Gasteiger partial charge in [-0.2, -0.15) is 0 Å².